The molecule has 0 unspecified atom stereocenters. The van der Waals surface area contributed by atoms with Gasteiger partial charge in [-0.25, -0.2) is 0 Å². The van der Waals surface area contributed by atoms with Crippen LogP contribution in [0.4, 0.5) is 5.69 Å². The first-order chi connectivity index (χ1) is 15.5. The molecule has 1 saturated heterocycles. The van der Waals surface area contributed by atoms with Gasteiger partial charge in [-0.05, 0) is 63.1 Å². The van der Waals surface area contributed by atoms with Gasteiger partial charge in [-0.15, -0.1) is 0 Å². The van der Waals surface area contributed by atoms with Crippen LogP contribution >= 0.6 is 0 Å². The lowest BCUT2D eigenvalue weighted by Gasteiger charge is -2.42. The van der Waals surface area contributed by atoms with Crippen molar-refractivity contribution in [2.24, 2.45) is 5.92 Å². The highest BCUT2D eigenvalue weighted by Gasteiger charge is 2.39. The number of hydrogen-bond acceptors (Lipinski definition) is 5. The van der Waals surface area contributed by atoms with Crippen LogP contribution < -0.4 is 15.4 Å². The van der Waals surface area contributed by atoms with E-state index < -0.39 is 0 Å². The Hall–Kier alpha value is -2.61. The molecular weight excluding hydrogens is 410 g/mol. The minimum atomic E-state index is -0.290. The molecule has 1 aromatic rings. The molecule has 8 nitrogen and oxygen atoms in total. The zero-order valence-electron chi connectivity index (χ0n) is 18.5. The summed E-state index contributed by atoms with van der Waals surface area (Å²) in [4.78, 5) is 39.4. The Morgan fingerprint density at radius 3 is 2.66 bits per heavy atom. The van der Waals surface area contributed by atoms with Crippen LogP contribution in [0.25, 0.3) is 0 Å². The number of carbonyl (C=O) groups is 3. The molecule has 0 spiro atoms. The fourth-order valence-corrected chi connectivity index (χ4v) is 4.74. The van der Waals surface area contributed by atoms with Gasteiger partial charge >= 0.3 is 0 Å². The minimum absolute atomic E-state index is 0.00523. The monoisotopic (exact) mass is 441 g/mol. The molecule has 3 atom stereocenters. The number of ether oxygens (including phenoxy) is 2. The van der Waals surface area contributed by atoms with Gasteiger partial charge in [-0.3, -0.25) is 14.4 Å². The molecule has 2 N–H and O–H groups in total. The SMILES string of the molecule is CN1C(=O)c2cc(NC(=O)C3CC3)ccc2OC[C@@H]2O[C@H](CC(=O)NC3CCC3)CC[C@H]21. The molecule has 1 aromatic carbocycles. The molecule has 2 heterocycles. The number of carbonyl (C=O) groups excluding carboxylic acids is 3. The average molecular weight is 442 g/mol. The van der Waals surface area contributed by atoms with Crippen molar-refractivity contribution in [2.75, 3.05) is 19.0 Å². The summed E-state index contributed by atoms with van der Waals surface area (Å²) in [5, 5.41) is 5.97. The predicted molar refractivity (Wildman–Crippen MR) is 117 cm³/mol. The molecule has 8 heteroatoms. The molecule has 172 valence electrons. The van der Waals surface area contributed by atoms with Crippen molar-refractivity contribution < 1.29 is 23.9 Å². The third kappa shape index (κ3) is 4.46. The van der Waals surface area contributed by atoms with Crippen molar-refractivity contribution >= 4 is 23.4 Å². The molecule has 3 fully saturated rings. The Morgan fingerprint density at radius 2 is 1.94 bits per heavy atom. The number of anilines is 1. The molecule has 0 bridgehead atoms. The van der Waals surface area contributed by atoms with E-state index in [9.17, 15) is 14.4 Å². The summed E-state index contributed by atoms with van der Waals surface area (Å²) in [6.45, 7) is 0.309. The van der Waals surface area contributed by atoms with Crippen LogP contribution in [0, 0.1) is 5.92 Å². The Kier molecular flexibility index (Phi) is 5.80. The number of nitrogens with one attached hydrogen (secondary N) is 2. The van der Waals surface area contributed by atoms with Gasteiger partial charge in [0.05, 0.1) is 24.1 Å². The van der Waals surface area contributed by atoms with E-state index in [4.69, 9.17) is 9.47 Å². The van der Waals surface area contributed by atoms with E-state index in [0.717, 1.165) is 38.5 Å². The van der Waals surface area contributed by atoms with E-state index in [-0.39, 0.29) is 41.9 Å². The van der Waals surface area contributed by atoms with Crippen molar-refractivity contribution in [1.82, 2.24) is 10.2 Å². The normalized spacial score (nSPS) is 27.7. The Bertz CT molecular complexity index is 911. The van der Waals surface area contributed by atoms with Crippen LogP contribution in [0.5, 0.6) is 5.75 Å². The van der Waals surface area contributed by atoms with E-state index in [1.54, 1.807) is 30.1 Å². The first-order valence-electron chi connectivity index (χ1n) is 11.8. The van der Waals surface area contributed by atoms with Crippen LogP contribution in [-0.2, 0) is 14.3 Å². The Morgan fingerprint density at radius 1 is 1.12 bits per heavy atom. The summed E-state index contributed by atoms with van der Waals surface area (Å²) in [6, 6.07) is 5.40. The fourth-order valence-electron chi connectivity index (χ4n) is 4.74. The zero-order chi connectivity index (χ0) is 22.2. The van der Waals surface area contributed by atoms with Gasteiger partial charge in [-0.2, -0.15) is 0 Å². The third-order valence-electron chi connectivity index (χ3n) is 7.11. The van der Waals surface area contributed by atoms with Crippen LogP contribution in [-0.4, -0.2) is 60.6 Å². The molecule has 2 aliphatic carbocycles. The number of amides is 3. The van der Waals surface area contributed by atoms with Crippen molar-refractivity contribution in [3.63, 3.8) is 0 Å². The number of hydrogen-bond donors (Lipinski definition) is 2. The highest BCUT2D eigenvalue weighted by atomic mass is 16.5. The molecule has 3 amide bonds. The second-order valence-corrected chi connectivity index (χ2v) is 9.54. The first-order valence-corrected chi connectivity index (χ1v) is 11.8. The summed E-state index contributed by atoms with van der Waals surface area (Å²) < 4.78 is 12.2. The Balaban J connectivity index is 1.25. The van der Waals surface area contributed by atoms with Gasteiger partial charge in [0, 0.05) is 24.7 Å². The molecule has 0 aromatic heterocycles. The predicted octanol–water partition coefficient (Wildman–Crippen LogP) is 2.47. The second-order valence-electron chi connectivity index (χ2n) is 9.54. The molecule has 2 saturated carbocycles. The molecule has 4 aliphatic rings. The summed E-state index contributed by atoms with van der Waals surface area (Å²) in [7, 11) is 1.79. The maximum atomic E-state index is 13.3. The van der Waals surface area contributed by atoms with E-state index in [1.165, 1.54) is 6.42 Å². The summed E-state index contributed by atoms with van der Waals surface area (Å²) in [5.41, 5.74) is 1.06. The van der Waals surface area contributed by atoms with Gasteiger partial charge in [0.15, 0.2) is 0 Å². The summed E-state index contributed by atoms with van der Waals surface area (Å²) in [5.74, 6) is 0.474. The van der Waals surface area contributed by atoms with Gasteiger partial charge in [0.25, 0.3) is 5.91 Å². The van der Waals surface area contributed by atoms with Gasteiger partial charge in [0.1, 0.15) is 18.5 Å². The quantitative estimate of drug-likeness (QED) is 0.732. The van der Waals surface area contributed by atoms with Crippen molar-refractivity contribution in [2.45, 2.75) is 75.7 Å². The maximum absolute atomic E-state index is 13.3. The molecule has 32 heavy (non-hydrogen) atoms. The highest BCUT2D eigenvalue weighted by molar-refractivity contribution is 6.00. The largest absolute Gasteiger partial charge is 0.490 e. The number of fused-ring (bicyclic) bond motifs is 2. The number of nitrogens with zero attached hydrogens (tertiary/aromatic N) is 1. The number of benzene rings is 1. The lowest BCUT2D eigenvalue weighted by atomic mass is 9.92. The van der Waals surface area contributed by atoms with Gasteiger partial charge in [0.2, 0.25) is 11.8 Å². The lowest BCUT2D eigenvalue weighted by Crippen LogP contribution is -2.54. The van der Waals surface area contributed by atoms with Crippen LogP contribution in [0.2, 0.25) is 0 Å². The zero-order valence-corrected chi connectivity index (χ0v) is 18.5. The minimum Gasteiger partial charge on any atom is -0.490 e. The topological polar surface area (TPSA) is 97.0 Å². The number of rotatable bonds is 5. The number of likely N-dealkylation sites (N-methyl/N-ethyl adjacent to an activating group) is 1. The average Bonchev–Trinajstić information content (AvgIpc) is 3.59. The van der Waals surface area contributed by atoms with E-state index in [1.807, 2.05) is 0 Å². The molecular formula is C24H31N3O5. The summed E-state index contributed by atoms with van der Waals surface area (Å²) >= 11 is 0. The Labute approximate surface area is 188 Å². The van der Waals surface area contributed by atoms with Crippen LogP contribution in [0.15, 0.2) is 18.2 Å². The maximum Gasteiger partial charge on any atom is 0.257 e. The molecule has 5 rings (SSSR count). The smallest absolute Gasteiger partial charge is 0.257 e. The third-order valence-corrected chi connectivity index (χ3v) is 7.11. The summed E-state index contributed by atoms with van der Waals surface area (Å²) in [6.07, 6.45) is 6.53. The first kappa shape index (κ1) is 21.2. The standard InChI is InChI=1S/C24H31N3O5/c1-27-19-9-8-17(12-22(28)25-15-3-2-4-15)32-21(19)13-31-20-10-7-16(11-18(20)24(27)30)26-23(29)14-5-6-14/h7,10-11,14-15,17,19,21H,2-6,8-9,12-13H2,1H3,(H,25,28)(H,26,29)/t17-,19+,21-/m0/s1. The lowest BCUT2D eigenvalue weighted by molar-refractivity contribution is -0.135. The van der Waals surface area contributed by atoms with Gasteiger partial charge in [-0.1, -0.05) is 0 Å². The molecule has 2 aliphatic heterocycles. The van der Waals surface area contributed by atoms with E-state index in [2.05, 4.69) is 10.6 Å². The van der Waals surface area contributed by atoms with E-state index in [0.29, 0.717) is 36.1 Å². The second kappa shape index (κ2) is 8.73. The van der Waals surface area contributed by atoms with Crippen LogP contribution in [0.3, 0.4) is 0 Å². The highest BCUT2D eigenvalue weighted by Crippen LogP contribution is 2.34. The fraction of sp³-hybridized carbons (Fsp3) is 0.625. The van der Waals surface area contributed by atoms with Crippen LogP contribution in [0.1, 0.15) is 61.7 Å². The van der Waals surface area contributed by atoms with Crippen molar-refractivity contribution in [3.05, 3.63) is 23.8 Å². The van der Waals surface area contributed by atoms with Gasteiger partial charge < -0.3 is 25.0 Å². The molecule has 0 radical (unpaired) electrons. The van der Waals surface area contributed by atoms with E-state index >= 15 is 0 Å². The van der Waals surface area contributed by atoms with Crippen molar-refractivity contribution in [3.8, 4) is 5.75 Å². The van der Waals surface area contributed by atoms with Crippen molar-refractivity contribution in [1.29, 1.82) is 0 Å².